The van der Waals surface area contributed by atoms with Gasteiger partial charge in [0.2, 0.25) is 0 Å². The first kappa shape index (κ1) is 10.9. The van der Waals surface area contributed by atoms with Gasteiger partial charge < -0.3 is 15.0 Å². The first-order chi connectivity index (χ1) is 8.38. The zero-order valence-corrected chi connectivity index (χ0v) is 10.4. The lowest BCUT2D eigenvalue weighted by atomic mass is 10.1. The van der Waals surface area contributed by atoms with E-state index >= 15 is 0 Å². The number of methoxy groups -OCH3 is 1. The molecule has 3 heteroatoms. The minimum atomic E-state index is 0.677. The van der Waals surface area contributed by atoms with E-state index in [1.807, 2.05) is 6.07 Å². The fourth-order valence-electron chi connectivity index (χ4n) is 3.20. The number of rotatable bonds is 2. The van der Waals surface area contributed by atoms with Gasteiger partial charge >= 0.3 is 0 Å². The molecule has 1 aromatic rings. The molecule has 0 spiro atoms. The van der Waals surface area contributed by atoms with Crippen molar-refractivity contribution in [1.82, 2.24) is 5.32 Å². The number of nitrogens with zero attached hydrogens (tertiary/aromatic N) is 1. The van der Waals surface area contributed by atoms with Crippen LogP contribution in [0, 0.1) is 0 Å². The molecule has 1 aliphatic heterocycles. The van der Waals surface area contributed by atoms with Crippen LogP contribution >= 0.6 is 0 Å². The Morgan fingerprint density at radius 1 is 1.35 bits per heavy atom. The second-order valence-corrected chi connectivity index (χ2v) is 4.95. The van der Waals surface area contributed by atoms with Crippen LogP contribution in [0.3, 0.4) is 0 Å². The second-order valence-electron chi connectivity index (χ2n) is 4.95. The molecule has 1 saturated carbocycles. The van der Waals surface area contributed by atoms with Crippen LogP contribution in [0.25, 0.3) is 0 Å². The van der Waals surface area contributed by atoms with Gasteiger partial charge in [-0.1, -0.05) is 6.07 Å². The fourth-order valence-corrected chi connectivity index (χ4v) is 3.20. The first-order valence-electron chi connectivity index (χ1n) is 6.52. The number of nitrogens with one attached hydrogen (secondary N) is 1. The Morgan fingerprint density at radius 3 is 3.18 bits per heavy atom. The fraction of sp³-hybridized carbons (Fsp3) is 0.571. The molecule has 0 aromatic heterocycles. The third-order valence-electron chi connectivity index (χ3n) is 4.02. The summed E-state index contributed by atoms with van der Waals surface area (Å²) < 4.78 is 5.31. The van der Waals surface area contributed by atoms with Crippen molar-refractivity contribution < 1.29 is 4.74 Å². The van der Waals surface area contributed by atoms with Crippen molar-refractivity contribution in [2.45, 2.75) is 31.3 Å². The van der Waals surface area contributed by atoms with Crippen molar-refractivity contribution in [2.24, 2.45) is 0 Å². The van der Waals surface area contributed by atoms with Crippen molar-refractivity contribution in [3.63, 3.8) is 0 Å². The van der Waals surface area contributed by atoms with Gasteiger partial charge in [0.1, 0.15) is 5.75 Å². The molecule has 1 heterocycles. The maximum Gasteiger partial charge on any atom is 0.120 e. The highest BCUT2D eigenvalue weighted by molar-refractivity contribution is 5.52. The molecule has 1 aromatic carbocycles. The predicted molar refractivity (Wildman–Crippen MR) is 69.8 cm³/mol. The zero-order valence-electron chi connectivity index (χ0n) is 10.4. The summed E-state index contributed by atoms with van der Waals surface area (Å²) in [6.07, 6.45) is 3.99. The largest absolute Gasteiger partial charge is 0.497 e. The van der Waals surface area contributed by atoms with E-state index in [1.165, 1.54) is 24.9 Å². The Morgan fingerprint density at radius 2 is 2.29 bits per heavy atom. The molecular weight excluding hydrogens is 212 g/mol. The van der Waals surface area contributed by atoms with Crippen LogP contribution in [0.15, 0.2) is 24.3 Å². The van der Waals surface area contributed by atoms with Crippen LogP contribution < -0.4 is 15.0 Å². The summed E-state index contributed by atoms with van der Waals surface area (Å²) in [6, 6.07) is 9.81. The topological polar surface area (TPSA) is 24.5 Å². The molecule has 0 unspecified atom stereocenters. The number of piperazine rings is 1. The average molecular weight is 232 g/mol. The smallest absolute Gasteiger partial charge is 0.120 e. The molecule has 3 nitrogen and oxygen atoms in total. The van der Waals surface area contributed by atoms with E-state index in [0.29, 0.717) is 12.1 Å². The third kappa shape index (κ3) is 2.00. The van der Waals surface area contributed by atoms with E-state index in [0.717, 1.165) is 18.8 Å². The molecule has 1 saturated heterocycles. The van der Waals surface area contributed by atoms with Gasteiger partial charge in [-0.3, -0.25) is 0 Å². The number of anilines is 1. The number of ether oxygens (including phenoxy) is 1. The van der Waals surface area contributed by atoms with Gasteiger partial charge in [0.05, 0.1) is 7.11 Å². The first-order valence-corrected chi connectivity index (χ1v) is 6.52. The maximum absolute atomic E-state index is 5.31. The summed E-state index contributed by atoms with van der Waals surface area (Å²) >= 11 is 0. The van der Waals surface area contributed by atoms with E-state index < -0.39 is 0 Å². The number of hydrogen-bond acceptors (Lipinski definition) is 3. The Balaban J connectivity index is 1.86. The summed E-state index contributed by atoms with van der Waals surface area (Å²) in [5.74, 6) is 0.954. The van der Waals surface area contributed by atoms with Gasteiger partial charge in [0, 0.05) is 36.9 Å². The van der Waals surface area contributed by atoms with E-state index in [2.05, 4.69) is 28.4 Å². The van der Waals surface area contributed by atoms with Gasteiger partial charge in [-0.15, -0.1) is 0 Å². The molecule has 2 aliphatic rings. The second kappa shape index (κ2) is 4.57. The SMILES string of the molecule is COc1cccc(N2CCN[C@H]3CCC[C@H]32)c1. The Bertz CT molecular complexity index is 394. The Hall–Kier alpha value is -1.22. The summed E-state index contributed by atoms with van der Waals surface area (Å²) in [6.45, 7) is 2.20. The van der Waals surface area contributed by atoms with Gasteiger partial charge in [-0.2, -0.15) is 0 Å². The van der Waals surface area contributed by atoms with Crippen molar-refractivity contribution in [1.29, 1.82) is 0 Å². The Kier molecular flexibility index (Phi) is 2.93. The van der Waals surface area contributed by atoms with Gasteiger partial charge in [-0.25, -0.2) is 0 Å². The number of hydrogen-bond donors (Lipinski definition) is 1. The minimum absolute atomic E-state index is 0.677. The molecule has 3 rings (SSSR count). The molecule has 0 amide bonds. The highest BCUT2D eigenvalue weighted by Gasteiger charge is 2.34. The molecule has 1 aliphatic carbocycles. The quantitative estimate of drug-likeness (QED) is 0.844. The lowest BCUT2D eigenvalue weighted by molar-refractivity contribution is 0.400. The standard InChI is InChI=1S/C14H20N2O/c1-17-12-5-2-4-11(10-12)16-9-8-15-13-6-3-7-14(13)16/h2,4-5,10,13-15H,3,6-9H2,1H3/t13-,14+/m0/s1. The number of fused-ring (bicyclic) bond motifs is 1. The van der Waals surface area contributed by atoms with Crippen LogP contribution in [-0.2, 0) is 0 Å². The van der Waals surface area contributed by atoms with E-state index in [4.69, 9.17) is 4.74 Å². The highest BCUT2D eigenvalue weighted by Crippen LogP contribution is 2.31. The van der Waals surface area contributed by atoms with E-state index in [-0.39, 0.29) is 0 Å². The van der Waals surface area contributed by atoms with Gasteiger partial charge in [0.15, 0.2) is 0 Å². The molecular formula is C14H20N2O. The summed E-state index contributed by atoms with van der Waals surface area (Å²) in [5, 5.41) is 3.64. The van der Waals surface area contributed by atoms with Crippen molar-refractivity contribution >= 4 is 5.69 Å². The van der Waals surface area contributed by atoms with Crippen LogP contribution in [-0.4, -0.2) is 32.3 Å². The predicted octanol–water partition coefficient (Wildman–Crippen LogP) is 2.03. The normalized spacial score (nSPS) is 27.9. The van der Waals surface area contributed by atoms with Crippen LogP contribution in [0.1, 0.15) is 19.3 Å². The average Bonchev–Trinajstić information content (AvgIpc) is 2.87. The molecule has 17 heavy (non-hydrogen) atoms. The summed E-state index contributed by atoms with van der Waals surface area (Å²) in [4.78, 5) is 2.55. The van der Waals surface area contributed by atoms with Crippen molar-refractivity contribution in [3.8, 4) is 5.75 Å². The lowest BCUT2D eigenvalue weighted by Crippen LogP contribution is -2.55. The molecule has 1 N–H and O–H groups in total. The van der Waals surface area contributed by atoms with Gasteiger partial charge in [-0.05, 0) is 31.4 Å². The molecule has 0 radical (unpaired) electrons. The van der Waals surface area contributed by atoms with E-state index in [9.17, 15) is 0 Å². The molecule has 92 valence electrons. The zero-order chi connectivity index (χ0) is 11.7. The van der Waals surface area contributed by atoms with Gasteiger partial charge in [0.25, 0.3) is 0 Å². The minimum Gasteiger partial charge on any atom is -0.497 e. The third-order valence-corrected chi connectivity index (χ3v) is 4.02. The summed E-state index contributed by atoms with van der Waals surface area (Å²) in [5.41, 5.74) is 1.31. The number of benzene rings is 1. The van der Waals surface area contributed by atoms with Crippen LogP contribution in [0.2, 0.25) is 0 Å². The lowest BCUT2D eigenvalue weighted by Gasteiger charge is -2.40. The maximum atomic E-state index is 5.31. The highest BCUT2D eigenvalue weighted by atomic mass is 16.5. The monoisotopic (exact) mass is 232 g/mol. The Labute approximate surface area is 103 Å². The molecule has 2 atom stereocenters. The molecule has 2 fully saturated rings. The van der Waals surface area contributed by atoms with E-state index in [1.54, 1.807) is 7.11 Å². The van der Waals surface area contributed by atoms with Crippen LogP contribution in [0.4, 0.5) is 5.69 Å². The van der Waals surface area contributed by atoms with Crippen LogP contribution in [0.5, 0.6) is 5.75 Å². The van der Waals surface area contributed by atoms with Crippen molar-refractivity contribution in [3.05, 3.63) is 24.3 Å². The molecule has 0 bridgehead atoms. The summed E-state index contributed by atoms with van der Waals surface area (Å²) in [7, 11) is 1.73. The van der Waals surface area contributed by atoms with Crippen molar-refractivity contribution in [2.75, 3.05) is 25.1 Å².